The Morgan fingerprint density at radius 3 is 2.52 bits per heavy atom. The summed E-state index contributed by atoms with van der Waals surface area (Å²) < 4.78 is 0. The highest BCUT2D eigenvalue weighted by Gasteiger charge is 2.23. The second-order valence-corrected chi connectivity index (χ2v) is 7.43. The lowest BCUT2D eigenvalue weighted by Crippen LogP contribution is -2.40. The Morgan fingerprint density at radius 1 is 0.926 bits per heavy atom. The zero-order valence-corrected chi connectivity index (χ0v) is 15.6. The van der Waals surface area contributed by atoms with Crippen molar-refractivity contribution >= 4 is 22.6 Å². The van der Waals surface area contributed by atoms with Gasteiger partial charge in [0.2, 0.25) is 0 Å². The predicted octanol–water partition coefficient (Wildman–Crippen LogP) is 4.70. The van der Waals surface area contributed by atoms with Crippen LogP contribution in [-0.4, -0.2) is 23.0 Å². The molecule has 1 aliphatic carbocycles. The van der Waals surface area contributed by atoms with Gasteiger partial charge in [0, 0.05) is 23.0 Å². The first-order valence-corrected chi connectivity index (χ1v) is 9.67. The zero-order valence-electron chi connectivity index (χ0n) is 15.6. The maximum Gasteiger partial charge on any atom is 0.251 e. The van der Waals surface area contributed by atoms with Gasteiger partial charge in [0.05, 0.1) is 5.52 Å². The third-order valence-electron chi connectivity index (χ3n) is 5.29. The van der Waals surface area contributed by atoms with E-state index in [0.29, 0.717) is 6.04 Å². The smallest absolute Gasteiger partial charge is 0.251 e. The Balaban J connectivity index is 1.31. The molecule has 3 aromatic rings. The number of nitrogens with zero attached hydrogens (tertiary/aromatic N) is 1. The number of amides is 1. The third-order valence-corrected chi connectivity index (χ3v) is 5.29. The van der Waals surface area contributed by atoms with E-state index in [0.717, 1.165) is 53.5 Å². The van der Waals surface area contributed by atoms with E-state index in [2.05, 4.69) is 22.8 Å². The van der Waals surface area contributed by atoms with Crippen LogP contribution in [0, 0.1) is 6.92 Å². The SMILES string of the molecule is Cc1cccc(C(=O)N[C@H]2CC[C@@H](Nc3ccc4ccccc4n3)CC2)c1. The minimum atomic E-state index is 0.0336. The van der Waals surface area contributed by atoms with Crippen molar-refractivity contribution in [3.63, 3.8) is 0 Å². The summed E-state index contributed by atoms with van der Waals surface area (Å²) in [4.78, 5) is 17.1. The topological polar surface area (TPSA) is 54.0 Å². The van der Waals surface area contributed by atoms with E-state index in [9.17, 15) is 4.79 Å². The fourth-order valence-electron chi connectivity index (χ4n) is 3.79. The Bertz CT molecular complexity index is 945. The molecule has 2 N–H and O–H groups in total. The number of pyridine rings is 1. The maximum absolute atomic E-state index is 12.4. The van der Waals surface area contributed by atoms with Gasteiger partial charge in [-0.25, -0.2) is 4.98 Å². The minimum absolute atomic E-state index is 0.0336. The molecule has 0 radical (unpaired) electrons. The first-order chi connectivity index (χ1) is 13.2. The molecule has 1 aliphatic rings. The quantitative estimate of drug-likeness (QED) is 0.710. The van der Waals surface area contributed by atoms with Crippen molar-refractivity contribution in [2.45, 2.75) is 44.7 Å². The summed E-state index contributed by atoms with van der Waals surface area (Å²) in [6.45, 7) is 2.01. The number of nitrogens with one attached hydrogen (secondary N) is 2. The summed E-state index contributed by atoms with van der Waals surface area (Å²) in [5, 5.41) is 7.91. The predicted molar refractivity (Wildman–Crippen MR) is 110 cm³/mol. The van der Waals surface area contributed by atoms with E-state index < -0.39 is 0 Å². The molecule has 1 saturated carbocycles. The number of carbonyl (C=O) groups is 1. The molecule has 0 atom stereocenters. The van der Waals surface area contributed by atoms with Gasteiger partial charge < -0.3 is 10.6 Å². The van der Waals surface area contributed by atoms with Crippen molar-refractivity contribution in [1.29, 1.82) is 0 Å². The highest BCUT2D eigenvalue weighted by molar-refractivity contribution is 5.94. The Morgan fingerprint density at radius 2 is 1.70 bits per heavy atom. The summed E-state index contributed by atoms with van der Waals surface area (Å²) in [7, 11) is 0. The zero-order chi connectivity index (χ0) is 18.6. The number of hydrogen-bond acceptors (Lipinski definition) is 3. The van der Waals surface area contributed by atoms with Gasteiger partial charge in [-0.1, -0.05) is 35.9 Å². The largest absolute Gasteiger partial charge is 0.367 e. The van der Waals surface area contributed by atoms with Gasteiger partial charge in [-0.3, -0.25) is 4.79 Å². The van der Waals surface area contributed by atoms with Gasteiger partial charge in [0.1, 0.15) is 5.82 Å². The second-order valence-electron chi connectivity index (χ2n) is 7.43. The van der Waals surface area contributed by atoms with Gasteiger partial charge in [-0.15, -0.1) is 0 Å². The molecule has 4 nitrogen and oxygen atoms in total. The van der Waals surface area contributed by atoms with Crippen molar-refractivity contribution in [1.82, 2.24) is 10.3 Å². The summed E-state index contributed by atoms with van der Waals surface area (Å²) in [5.74, 6) is 0.965. The lowest BCUT2D eigenvalue weighted by atomic mass is 9.91. The molecule has 0 spiro atoms. The highest BCUT2D eigenvalue weighted by atomic mass is 16.1. The number of anilines is 1. The number of aryl methyl sites for hydroxylation is 1. The van der Waals surface area contributed by atoms with Crippen LogP contribution in [0.4, 0.5) is 5.82 Å². The molecule has 0 bridgehead atoms. The standard InChI is InChI=1S/C23H25N3O/c1-16-5-4-7-18(15-16)23(27)25-20-12-10-19(11-13-20)24-22-14-9-17-6-2-3-8-21(17)26-22/h2-9,14-15,19-20H,10-13H2,1H3,(H,24,26)(H,25,27)/t19-,20+. The first-order valence-electron chi connectivity index (χ1n) is 9.67. The van der Waals surface area contributed by atoms with E-state index in [1.165, 1.54) is 0 Å². The molecule has 1 fully saturated rings. The molecule has 0 unspecified atom stereocenters. The van der Waals surface area contributed by atoms with Crippen LogP contribution in [0.5, 0.6) is 0 Å². The summed E-state index contributed by atoms with van der Waals surface area (Å²) in [6, 6.07) is 20.7. The normalized spacial score (nSPS) is 19.6. The molecular weight excluding hydrogens is 334 g/mol. The number of para-hydroxylation sites is 1. The summed E-state index contributed by atoms with van der Waals surface area (Å²) in [6.07, 6.45) is 4.05. The Hall–Kier alpha value is -2.88. The molecule has 138 valence electrons. The van der Waals surface area contributed by atoms with Crippen molar-refractivity contribution in [2.24, 2.45) is 0 Å². The van der Waals surface area contributed by atoms with E-state index in [1.54, 1.807) is 0 Å². The van der Waals surface area contributed by atoms with Crippen LogP contribution in [0.2, 0.25) is 0 Å². The van der Waals surface area contributed by atoms with Crippen LogP contribution >= 0.6 is 0 Å². The summed E-state index contributed by atoms with van der Waals surface area (Å²) in [5.41, 5.74) is 2.87. The lowest BCUT2D eigenvalue weighted by Gasteiger charge is -2.30. The average Bonchev–Trinajstić information content (AvgIpc) is 2.69. The van der Waals surface area contributed by atoms with Crippen LogP contribution in [-0.2, 0) is 0 Å². The van der Waals surface area contributed by atoms with Crippen LogP contribution in [0.3, 0.4) is 0 Å². The van der Waals surface area contributed by atoms with E-state index in [-0.39, 0.29) is 11.9 Å². The average molecular weight is 359 g/mol. The van der Waals surface area contributed by atoms with Crippen molar-refractivity contribution in [2.75, 3.05) is 5.32 Å². The second kappa shape index (κ2) is 7.78. The number of benzene rings is 2. The van der Waals surface area contributed by atoms with E-state index in [1.807, 2.05) is 55.5 Å². The molecule has 0 saturated heterocycles. The molecular formula is C23H25N3O. The van der Waals surface area contributed by atoms with Gasteiger partial charge >= 0.3 is 0 Å². The number of fused-ring (bicyclic) bond motifs is 1. The third kappa shape index (κ3) is 4.27. The van der Waals surface area contributed by atoms with Gasteiger partial charge in [0.25, 0.3) is 5.91 Å². The Labute approximate surface area is 160 Å². The number of carbonyl (C=O) groups excluding carboxylic acids is 1. The highest BCUT2D eigenvalue weighted by Crippen LogP contribution is 2.23. The van der Waals surface area contributed by atoms with Crippen molar-refractivity contribution in [3.8, 4) is 0 Å². The molecule has 1 amide bonds. The number of aromatic nitrogens is 1. The van der Waals surface area contributed by atoms with E-state index >= 15 is 0 Å². The molecule has 27 heavy (non-hydrogen) atoms. The summed E-state index contributed by atoms with van der Waals surface area (Å²) >= 11 is 0. The van der Waals surface area contributed by atoms with E-state index in [4.69, 9.17) is 4.98 Å². The Kier molecular flexibility index (Phi) is 5.05. The molecule has 4 heteroatoms. The minimum Gasteiger partial charge on any atom is -0.367 e. The van der Waals surface area contributed by atoms with Crippen LogP contribution in [0.1, 0.15) is 41.6 Å². The fourth-order valence-corrected chi connectivity index (χ4v) is 3.79. The molecule has 1 heterocycles. The monoisotopic (exact) mass is 359 g/mol. The van der Waals surface area contributed by atoms with Crippen LogP contribution in [0.25, 0.3) is 10.9 Å². The first kappa shape index (κ1) is 17.5. The van der Waals surface area contributed by atoms with Crippen molar-refractivity contribution in [3.05, 3.63) is 71.8 Å². The van der Waals surface area contributed by atoms with Gasteiger partial charge in [-0.05, 0) is 62.9 Å². The molecule has 2 aromatic carbocycles. The van der Waals surface area contributed by atoms with Gasteiger partial charge in [0.15, 0.2) is 0 Å². The lowest BCUT2D eigenvalue weighted by molar-refractivity contribution is 0.0926. The van der Waals surface area contributed by atoms with Crippen LogP contribution in [0.15, 0.2) is 60.7 Å². The maximum atomic E-state index is 12.4. The van der Waals surface area contributed by atoms with Gasteiger partial charge in [-0.2, -0.15) is 0 Å². The van der Waals surface area contributed by atoms with Crippen molar-refractivity contribution < 1.29 is 4.79 Å². The fraction of sp³-hybridized carbons (Fsp3) is 0.304. The number of hydrogen-bond donors (Lipinski definition) is 2. The number of rotatable bonds is 4. The van der Waals surface area contributed by atoms with Crippen LogP contribution < -0.4 is 10.6 Å². The molecule has 0 aliphatic heterocycles. The molecule has 4 rings (SSSR count). The molecule has 1 aromatic heterocycles.